The molecule has 1 aliphatic carbocycles. The highest BCUT2D eigenvalue weighted by atomic mass is 16.6. The summed E-state index contributed by atoms with van der Waals surface area (Å²) in [7, 11) is 1.34. The number of hydrogen-bond donors (Lipinski definition) is 10. The normalized spacial score (nSPS) is 28.1. The van der Waals surface area contributed by atoms with E-state index in [4.69, 9.17) is 14.2 Å². The fraction of sp³-hybridized carbons (Fsp3) is 0.638. The molecule has 23 nitrogen and oxygen atoms in total. The lowest BCUT2D eigenvalue weighted by Crippen LogP contribution is -2.62. The fourth-order valence-corrected chi connectivity index (χ4v) is 9.37. The van der Waals surface area contributed by atoms with Gasteiger partial charge in [0.05, 0.1) is 23.9 Å². The van der Waals surface area contributed by atoms with Crippen LogP contribution in [0.3, 0.4) is 0 Å². The summed E-state index contributed by atoms with van der Waals surface area (Å²) in [6.45, 7) is 13.1. The molecule has 0 saturated carbocycles. The molecule has 10 N–H and O–H groups in total. The molecular formula is C58H88N8O15. The zero-order valence-corrected chi connectivity index (χ0v) is 48.6. The lowest BCUT2D eigenvalue weighted by atomic mass is 9.92. The maximum absolute atomic E-state index is 15.4. The Kier molecular flexibility index (Phi) is 26.5. The minimum atomic E-state index is -1.96. The highest BCUT2D eigenvalue weighted by Crippen LogP contribution is 2.28. The zero-order chi connectivity index (χ0) is 60.1. The molecule has 81 heavy (non-hydrogen) atoms. The first kappa shape index (κ1) is 66.8. The number of allylic oxidation sites excluding steroid dienone is 3. The van der Waals surface area contributed by atoms with Gasteiger partial charge in [0.2, 0.25) is 41.4 Å². The summed E-state index contributed by atoms with van der Waals surface area (Å²) in [5.41, 5.74) is -0.895. The predicted octanol–water partition coefficient (Wildman–Crippen LogP) is 1.03. The zero-order valence-electron chi connectivity index (χ0n) is 48.6. The molecule has 4 bridgehead atoms. The van der Waals surface area contributed by atoms with Crippen LogP contribution in [0.2, 0.25) is 0 Å². The number of carbonyl (C=O) groups excluding carboxylic acids is 9. The van der Waals surface area contributed by atoms with E-state index >= 15 is 4.79 Å². The lowest BCUT2D eigenvalue weighted by molar-refractivity contribution is -0.160. The van der Waals surface area contributed by atoms with Crippen LogP contribution < -0.4 is 37.2 Å². The van der Waals surface area contributed by atoms with Crippen molar-refractivity contribution in [2.75, 3.05) is 33.3 Å². The van der Waals surface area contributed by atoms with Gasteiger partial charge in [-0.2, -0.15) is 0 Å². The van der Waals surface area contributed by atoms with Crippen LogP contribution in [0.1, 0.15) is 119 Å². The first-order valence-electron chi connectivity index (χ1n) is 28.3. The van der Waals surface area contributed by atoms with Gasteiger partial charge in [-0.25, -0.2) is 4.79 Å². The van der Waals surface area contributed by atoms with Gasteiger partial charge < -0.3 is 71.6 Å². The monoisotopic (exact) mass is 1140 g/mol. The van der Waals surface area contributed by atoms with E-state index in [1.807, 2.05) is 0 Å². The molecule has 3 heterocycles. The van der Waals surface area contributed by atoms with Crippen molar-refractivity contribution >= 4 is 53.3 Å². The first-order chi connectivity index (χ1) is 38.3. The molecule has 13 atom stereocenters. The Labute approximate surface area is 475 Å². The number of benzene rings is 1. The Morgan fingerprint density at radius 3 is 2.11 bits per heavy atom. The van der Waals surface area contributed by atoms with Gasteiger partial charge in [-0.1, -0.05) is 110 Å². The van der Waals surface area contributed by atoms with Crippen LogP contribution in [0.25, 0.3) is 0 Å². The van der Waals surface area contributed by atoms with Crippen LogP contribution in [0.15, 0.2) is 66.0 Å². The minimum absolute atomic E-state index is 0.0477. The molecule has 0 spiro atoms. The molecule has 1 aromatic rings. The van der Waals surface area contributed by atoms with Crippen LogP contribution in [0, 0.1) is 17.8 Å². The Morgan fingerprint density at radius 2 is 1.48 bits per heavy atom. The number of rotatable bonds is 17. The summed E-state index contributed by atoms with van der Waals surface area (Å²) in [6.07, 6.45) is 5.26. The lowest BCUT2D eigenvalue weighted by Gasteiger charge is -2.35. The average Bonchev–Trinajstić information content (AvgIpc) is 3.44. The van der Waals surface area contributed by atoms with E-state index in [0.29, 0.717) is 29.9 Å². The smallest absolute Gasteiger partial charge is 0.332 e. The number of nitrogens with zero attached hydrogens (tertiary/aromatic N) is 1. The molecule has 0 unspecified atom stereocenters. The molecule has 0 radical (unpaired) electrons. The Hall–Kier alpha value is -6.69. The molecule has 23 heteroatoms. The molecule has 4 aliphatic rings. The number of unbranched alkanes of at least 4 members (excludes halogenated alkanes) is 4. The van der Waals surface area contributed by atoms with Crippen LogP contribution >= 0.6 is 0 Å². The van der Waals surface area contributed by atoms with Gasteiger partial charge in [-0.05, 0) is 75.3 Å². The standard InChI is InChI=1S/C58H88N8O15/c1-11-13-14-15-19-28-59-32-58(78)27-26-44(68)60-30-45(69)79-31-42-57(77)80-37(8)48(64-51(71)35(6)50(70)33(3)4)55(75)62-46(34(5)12-2)53(73)65-49(40-22-24-41(25-23-40)81-38(58)9)56(76)66(10)43(29-39-20-17-16-18-21-39)52(72)63-47(36(7)67)54(74)61-42/h16-18,20-22,24,26-27,33-38,42-43,46-50,59,67,70,78H,11-15,19,23,25,28-32H2,1-10H3,(H,60,68)(H,61,74)(H,62,75)(H,63,72)(H,64,71)(H,65,73)/b27-26+/t34-,35+,36+,37+,38+,42-,43-,46+,47+,48-,49-,50+,58-/m0/s1. The molecule has 1 saturated heterocycles. The molecular weight excluding hydrogens is 1050 g/mol. The van der Waals surface area contributed by atoms with E-state index < -0.39 is 150 Å². The third-order valence-corrected chi connectivity index (χ3v) is 15.1. The SMILES string of the molecule is CCCCCCCNC[C@@]1(O)/C=C/C(=O)NCC(=O)OC[C@@H]2NC(=O)[C@@H]([C@@H](C)O)NC(=O)[C@H](Cc3ccccc3)N(C)C(=O)[C@@H](NC(=O)[C@@H]([C@@H](C)CC)NC(=O)[C@@H](NC(=O)[C@H](C)[C@H](O)C(C)C)[C@@H](C)OC2=O)C2=CC=C(CC2)O[C@@H]1C. The van der Waals surface area contributed by atoms with E-state index in [-0.39, 0.29) is 25.8 Å². The van der Waals surface area contributed by atoms with E-state index in [2.05, 4.69) is 44.1 Å². The summed E-state index contributed by atoms with van der Waals surface area (Å²) in [5.74, 6) is -10.7. The van der Waals surface area contributed by atoms with Crippen LogP contribution in [-0.2, 0) is 63.8 Å². The van der Waals surface area contributed by atoms with Crippen molar-refractivity contribution in [1.82, 2.24) is 42.1 Å². The van der Waals surface area contributed by atoms with Gasteiger partial charge in [0.1, 0.15) is 61.2 Å². The molecule has 0 aromatic heterocycles. The van der Waals surface area contributed by atoms with Crippen molar-refractivity contribution in [2.24, 2.45) is 17.8 Å². The van der Waals surface area contributed by atoms with Crippen molar-refractivity contribution in [1.29, 1.82) is 0 Å². The minimum Gasteiger partial charge on any atom is -0.492 e. The van der Waals surface area contributed by atoms with E-state index in [9.17, 15) is 53.7 Å². The molecule has 5 rings (SSSR count). The summed E-state index contributed by atoms with van der Waals surface area (Å²) < 4.78 is 17.6. The third kappa shape index (κ3) is 19.8. The number of likely N-dealkylation sites (N-methyl/N-ethyl adjacent to an activating group) is 1. The average molecular weight is 1140 g/mol. The summed E-state index contributed by atoms with van der Waals surface area (Å²) >= 11 is 0. The van der Waals surface area contributed by atoms with E-state index in [0.717, 1.165) is 43.1 Å². The number of aliphatic hydroxyl groups excluding tert-OH is 2. The van der Waals surface area contributed by atoms with Crippen molar-refractivity contribution in [3.05, 3.63) is 71.5 Å². The second-order valence-electron chi connectivity index (χ2n) is 21.9. The summed E-state index contributed by atoms with van der Waals surface area (Å²) in [6, 6.07) is -1.40. The van der Waals surface area contributed by atoms with Gasteiger partial charge >= 0.3 is 11.9 Å². The number of aliphatic hydroxyl groups is 3. The van der Waals surface area contributed by atoms with Gasteiger partial charge in [0, 0.05) is 32.5 Å². The number of esters is 2. The van der Waals surface area contributed by atoms with Crippen molar-refractivity contribution < 1.29 is 72.7 Å². The Morgan fingerprint density at radius 1 is 0.815 bits per heavy atom. The highest BCUT2D eigenvalue weighted by molar-refractivity contribution is 5.99. The number of carbonyl (C=O) groups is 9. The van der Waals surface area contributed by atoms with Crippen molar-refractivity contribution in [2.45, 2.75) is 186 Å². The highest BCUT2D eigenvalue weighted by Gasteiger charge is 2.43. The van der Waals surface area contributed by atoms with Crippen LogP contribution in [0.5, 0.6) is 0 Å². The van der Waals surface area contributed by atoms with Crippen LogP contribution in [-0.4, -0.2) is 173 Å². The summed E-state index contributed by atoms with van der Waals surface area (Å²) in [4.78, 5) is 130. The maximum Gasteiger partial charge on any atom is 0.332 e. The fourth-order valence-electron chi connectivity index (χ4n) is 9.37. The number of hydrogen-bond acceptors (Lipinski definition) is 16. The van der Waals surface area contributed by atoms with E-state index in [1.54, 1.807) is 77.1 Å². The third-order valence-electron chi connectivity index (χ3n) is 15.1. The molecule has 450 valence electrons. The Bertz CT molecular complexity index is 2430. The van der Waals surface area contributed by atoms with Gasteiger partial charge in [0.15, 0.2) is 6.04 Å². The second kappa shape index (κ2) is 32.1. The first-order valence-corrected chi connectivity index (χ1v) is 28.3. The van der Waals surface area contributed by atoms with Crippen molar-refractivity contribution in [3.8, 4) is 0 Å². The Balaban J connectivity index is 1.99. The number of cyclic esters (lactones) is 1. The molecule has 3 aliphatic heterocycles. The number of fused-ring (bicyclic) bond motifs is 11. The van der Waals surface area contributed by atoms with Gasteiger partial charge in [-0.15, -0.1) is 0 Å². The number of ether oxygens (including phenoxy) is 3. The van der Waals surface area contributed by atoms with Crippen molar-refractivity contribution in [3.63, 3.8) is 0 Å². The molecule has 7 amide bonds. The second-order valence-corrected chi connectivity index (χ2v) is 21.9. The van der Waals surface area contributed by atoms with Gasteiger partial charge in [-0.3, -0.25) is 38.4 Å². The molecule has 1 aromatic carbocycles. The maximum atomic E-state index is 15.4. The van der Waals surface area contributed by atoms with E-state index in [1.165, 1.54) is 33.9 Å². The largest absolute Gasteiger partial charge is 0.492 e. The van der Waals surface area contributed by atoms with Crippen LogP contribution in [0.4, 0.5) is 0 Å². The molecule has 1 fully saturated rings. The topological polar surface area (TPSA) is 329 Å². The predicted molar refractivity (Wildman–Crippen MR) is 299 cm³/mol. The quantitative estimate of drug-likeness (QED) is 0.0770. The summed E-state index contributed by atoms with van der Waals surface area (Å²) in [5, 5.41) is 52.8. The number of nitrogens with one attached hydrogen (secondary N) is 7. The number of amides is 7. The van der Waals surface area contributed by atoms with Gasteiger partial charge in [0.25, 0.3) is 0 Å².